The van der Waals surface area contributed by atoms with E-state index in [-0.39, 0.29) is 48.8 Å². The minimum absolute atomic E-state index is 0. The van der Waals surface area contributed by atoms with Gasteiger partial charge in [0.1, 0.15) is 11.7 Å². The number of benzene rings is 2. The number of rotatable bonds is 8. The number of carboxylic acid groups (broad SMARTS) is 1. The average molecular weight is 411 g/mol. The highest BCUT2D eigenvalue weighted by Gasteiger charge is 2.18. The number of carboxylic acids is 1. The molecule has 146 valence electrons. The van der Waals surface area contributed by atoms with E-state index in [1.807, 2.05) is 30.3 Å². The van der Waals surface area contributed by atoms with Crippen LogP contribution < -0.4 is 11.5 Å². The van der Waals surface area contributed by atoms with Crippen LogP contribution in [0.5, 0.6) is 0 Å². The zero-order valence-electron chi connectivity index (χ0n) is 14.6. The Morgan fingerprint density at radius 2 is 1.56 bits per heavy atom. The van der Waals surface area contributed by atoms with E-state index in [0.29, 0.717) is 17.5 Å². The van der Waals surface area contributed by atoms with Gasteiger partial charge < -0.3 is 16.6 Å². The van der Waals surface area contributed by atoms with E-state index in [1.165, 1.54) is 0 Å². The van der Waals surface area contributed by atoms with Crippen molar-refractivity contribution in [1.29, 1.82) is 10.8 Å². The maximum absolute atomic E-state index is 11.3. The molecule has 27 heavy (non-hydrogen) atoms. The highest BCUT2D eigenvalue weighted by Crippen LogP contribution is 2.27. The van der Waals surface area contributed by atoms with Gasteiger partial charge in [0.2, 0.25) is 0 Å². The molecule has 8 heteroatoms. The van der Waals surface area contributed by atoms with Gasteiger partial charge in [-0.25, -0.2) is 0 Å². The Hall–Kier alpha value is -2.57. The minimum atomic E-state index is -0.877. The zero-order valence-corrected chi connectivity index (χ0v) is 16.3. The zero-order chi connectivity index (χ0) is 18.4. The number of nitrogens with one attached hydrogen (secondary N) is 2. The Bertz CT molecular complexity index is 798. The van der Waals surface area contributed by atoms with Gasteiger partial charge in [0.15, 0.2) is 0 Å². The fourth-order valence-electron chi connectivity index (χ4n) is 2.86. The summed E-state index contributed by atoms with van der Waals surface area (Å²) in [5.74, 6) is -1.45. The number of nitrogen functional groups attached to an aromatic ring is 2. The quantitative estimate of drug-likeness (QED) is 0.336. The number of hydrogen-bond acceptors (Lipinski definition) is 3. The van der Waals surface area contributed by atoms with Crippen LogP contribution in [0.4, 0.5) is 0 Å². The molecule has 0 radical (unpaired) electrons. The van der Waals surface area contributed by atoms with Crippen molar-refractivity contribution in [1.82, 2.24) is 0 Å². The summed E-state index contributed by atoms with van der Waals surface area (Å²) < 4.78 is 0. The van der Waals surface area contributed by atoms with Crippen molar-refractivity contribution in [3.8, 4) is 0 Å². The molecule has 2 aromatic rings. The molecular weight excluding hydrogens is 387 g/mol. The normalized spacial score (nSPS) is 10.8. The summed E-state index contributed by atoms with van der Waals surface area (Å²) in [7, 11) is 0. The van der Waals surface area contributed by atoms with Crippen molar-refractivity contribution in [2.75, 3.05) is 0 Å². The van der Waals surface area contributed by atoms with Gasteiger partial charge >= 0.3 is 5.97 Å². The lowest BCUT2D eigenvalue weighted by Gasteiger charge is -2.18. The van der Waals surface area contributed by atoms with E-state index < -0.39 is 5.97 Å². The molecule has 6 nitrogen and oxygen atoms in total. The molecule has 0 bridgehead atoms. The molecule has 2 aromatic carbocycles. The predicted octanol–water partition coefficient (Wildman–Crippen LogP) is 3.29. The summed E-state index contributed by atoms with van der Waals surface area (Å²) in [6.45, 7) is 0. The molecule has 2 rings (SSSR count). The number of nitrogens with two attached hydrogens (primary N) is 2. The number of halogens is 2. The largest absolute Gasteiger partial charge is 0.481 e. The third-order valence-electron chi connectivity index (χ3n) is 4.14. The first-order valence-electron chi connectivity index (χ1n) is 7.97. The van der Waals surface area contributed by atoms with Gasteiger partial charge in [-0.2, -0.15) is 0 Å². The highest BCUT2D eigenvalue weighted by atomic mass is 35.5. The van der Waals surface area contributed by atoms with Gasteiger partial charge in [-0.1, -0.05) is 42.5 Å². The van der Waals surface area contributed by atoms with Gasteiger partial charge in [0.25, 0.3) is 0 Å². The summed E-state index contributed by atoms with van der Waals surface area (Å²) in [6.07, 6.45) is 1.40. The van der Waals surface area contributed by atoms with Crippen molar-refractivity contribution in [3.63, 3.8) is 0 Å². The third-order valence-corrected chi connectivity index (χ3v) is 4.14. The summed E-state index contributed by atoms with van der Waals surface area (Å²) in [5.41, 5.74) is 13.8. The molecule has 0 heterocycles. The van der Waals surface area contributed by atoms with Crippen LogP contribution in [0.25, 0.3) is 0 Å². The smallest absolute Gasteiger partial charge is 0.303 e. The van der Waals surface area contributed by atoms with Gasteiger partial charge in [0, 0.05) is 11.1 Å². The van der Waals surface area contributed by atoms with Crippen LogP contribution in [-0.4, -0.2) is 22.7 Å². The molecule has 0 aliphatic carbocycles. The number of hydrogen-bond donors (Lipinski definition) is 5. The summed E-state index contributed by atoms with van der Waals surface area (Å²) in [5, 5.41) is 24.5. The summed E-state index contributed by atoms with van der Waals surface area (Å²) in [4.78, 5) is 11.3. The fraction of sp³-hybridized carbons (Fsp3) is 0.211. The average Bonchev–Trinajstić information content (AvgIpc) is 2.58. The lowest BCUT2D eigenvalue weighted by Crippen LogP contribution is -2.21. The Morgan fingerprint density at radius 1 is 0.963 bits per heavy atom. The molecule has 0 spiro atoms. The first kappa shape index (κ1) is 24.4. The molecule has 1 unspecified atom stereocenters. The van der Waals surface area contributed by atoms with Crippen LogP contribution in [0, 0.1) is 10.8 Å². The van der Waals surface area contributed by atoms with Gasteiger partial charge in [-0.3, -0.25) is 15.6 Å². The molecule has 0 aromatic heterocycles. The van der Waals surface area contributed by atoms with Gasteiger partial charge in [0.05, 0.1) is 6.42 Å². The highest BCUT2D eigenvalue weighted by molar-refractivity contribution is 6.08. The Labute approximate surface area is 170 Å². The molecule has 0 aliphatic heterocycles. The summed E-state index contributed by atoms with van der Waals surface area (Å²) >= 11 is 0. The van der Waals surface area contributed by atoms with E-state index in [4.69, 9.17) is 22.3 Å². The van der Waals surface area contributed by atoms with Crippen LogP contribution in [0.2, 0.25) is 0 Å². The van der Waals surface area contributed by atoms with Crippen molar-refractivity contribution >= 4 is 42.5 Å². The predicted molar refractivity (Wildman–Crippen MR) is 113 cm³/mol. The molecule has 0 amide bonds. The van der Waals surface area contributed by atoms with Crippen LogP contribution in [-0.2, 0) is 11.2 Å². The van der Waals surface area contributed by atoms with Crippen molar-refractivity contribution < 1.29 is 9.90 Å². The Balaban J connectivity index is 0.00000338. The van der Waals surface area contributed by atoms with E-state index in [0.717, 1.165) is 17.5 Å². The lowest BCUT2D eigenvalue weighted by molar-refractivity contribution is -0.137. The molecule has 0 saturated carbocycles. The molecule has 1 atom stereocenters. The van der Waals surface area contributed by atoms with Crippen LogP contribution in [0.3, 0.4) is 0 Å². The van der Waals surface area contributed by atoms with Crippen molar-refractivity contribution in [2.24, 2.45) is 11.5 Å². The minimum Gasteiger partial charge on any atom is -0.481 e. The van der Waals surface area contributed by atoms with Gasteiger partial charge in [-0.15, -0.1) is 24.8 Å². The maximum Gasteiger partial charge on any atom is 0.303 e. The monoisotopic (exact) mass is 410 g/mol. The third kappa shape index (κ3) is 6.92. The molecule has 0 fully saturated rings. The van der Waals surface area contributed by atoms with E-state index in [9.17, 15) is 9.90 Å². The number of aryl methyl sites for hydroxylation is 1. The second-order valence-corrected chi connectivity index (χ2v) is 5.95. The Kier molecular flexibility index (Phi) is 10.1. The second kappa shape index (κ2) is 11.2. The second-order valence-electron chi connectivity index (χ2n) is 5.95. The molecule has 0 saturated heterocycles. The SMILES string of the molecule is Cl.Cl.N=C(N)c1ccc(C(CCc2ccccc2)CC(=O)O)cc1C(=N)N. The van der Waals surface area contributed by atoms with E-state index >= 15 is 0 Å². The van der Waals surface area contributed by atoms with E-state index in [2.05, 4.69) is 0 Å². The van der Waals surface area contributed by atoms with Crippen LogP contribution in [0.1, 0.15) is 41.0 Å². The van der Waals surface area contributed by atoms with Gasteiger partial charge in [-0.05, 0) is 36.0 Å². The first-order valence-corrected chi connectivity index (χ1v) is 7.97. The maximum atomic E-state index is 11.3. The molecular formula is C19H24Cl2N4O2. The lowest BCUT2D eigenvalue weighted by atomic mass is 9.87. The van der Waals surface area contributed by atoms with Crippen molar-refractivity contribution in [2.45, 2.75) is 25.2 Å². The number of aliphatic carboxylic acids is 1. The number of carbonyl (C=O) groups is 1. The topological polar surface area (TPSA) is 137 Å². The van der Waals surface area contributed by atoms with Crippen molar-refractivity contribution in [3.05, 3.63) is 70.8 Å². The van der Waals surface area contributed by atoms with Crippen LogP contribution >= 0.6 is 24.8 Å². The standard InChI is InChI=1S/C19H22N4O2.2ClH/c20-18(21)15-9-8-13(10-16(15)19(22)23)14(11-17(24)25)7-6-12-4-2-1-3-5-12;;/h1-5,8-10,14H,6-7,11H2,(H3,20,21)(H3,22,23)(H,24,25);2*1H. The summed E-state index contributed by atoms with van der Waals surface area (Å²) in [6, 6.07) is 15.0. The molecule has 0 aliphatic rings. The van der Waals surface area contributed by atoms with Crippen LogP contribution in [0.15, 0.2) is 48.5 Å². The van der Waals surface area contributed by atoms with E-state index in [1.54, 1.807) is 18.2 Å². The first-order chi connectivity index (χ1) is 11.9. The molecule has 7 N–H and O–H groups in total. The number of amidine groups is 2. The fourth-order valence-corrected chi connectivity index (χ4v) is 2.86. The Morgan fingerprint density at radius 3 is 2.07 bits per heavy atom.